The van der Waals surface area contributed by atoms with Gasteiger partial charge in [-0.2, -0.15) is 0 Å². The lowest BCUT2D eigenvalue weighted by Gasteiger charge is -2.11. The molecule has 0 aliphatic rings. The van der Waals surface area contributed by atoms with Crippen molar-refractivity contribution in [3.63, 3.8) is 0 Å². The number of carboxylic acids is 1. The van der Waals surface area contributed by atoms with Gasteiger partial charge in [0.05, 0.1) is 6.42 Å². The van der Waals surface area contributed by atoms with Gasteiger partial charge in [0.25, 0.3) is 5.92 Å². The molecular weight excluding hydrogens is 190 g/mol. The first-order valence-corrected chi connectivity index (χ1v) is 4.08. The van der Waals surface area contributed by atoms with Crippen molar-refractivity contribution in [1.29, 1.82) is 0 Å². The maximum Gasteiger partial charge on any atom is 0.307 e. The predicted molar refractivity (Wildman–Crippen MR) is 47.3 cm³/mol. The van der Waals surface area contributed by atoms with Crippen molar-refractivity contribution in [2.24, 2.45) is 0 Å². The lowest BCUT2D eigenvalue weighted by Crippen LogP contribution is -2.08. The van der Waals surface area contributed by atoms with Crippen LogP contribution in [0.3, 0.4) is 0 Å². The van der Waals surface area contributed by atoms with Crippen LogP contribution in [0.5, 0.6) is 0 Å². The smallest absolute Gasteiger partial charge is 0.307 e. The fourth-order valence-electron chi connectivity index (χ4n) is 1.13. The summed E-state index contributed by atoms with van der Waals surface area (Å²) in [4.78, 5) is 10.3. The minimum atomic E-state index is -2.92. The van der Waals surface area contributed by atoms with Gasteiger partial charge >= 0.3 is 5.97 Å². The Hall–Kier alpha value is -1.45. The van der Waals surface area contributed by atoms with Crippen LogP contribution in [0.4, 0.5) is 8.78 Å². The van der Waals surface area contributed by atoms with Crippen LogP contribution in [-0.2, 0) is 17.1 Å². The summed E-state index contributed by atoms with van der Waals surface area (Å²) in [6, 6.07) is 5.45. The second kappa shape index (κ2) is 3.74. The normalized spacial score (nSPS) is 11.4. The van der Waals surface area contributed by atoms with E-state index in [-0.39, 0.29) is 12.0 Å². The summed E-state index contributed by atoms with van der Waals surface area (Å²) < 4.78 is 25.6. The number of rotatable bonds is 3. The van der Waals surface area contributed by atoms with E-state index in [2.05, 4.69) is 0 Å². The first-order chi connectivity index (χ1) is 6.39. The summed E-state index contributed by atoms with van der Waals surface area (Å²) in [5.41, 5.74) is 0.229. The number of alkyl halides is 2. The highest BCUT2D eigenvalue weighted by atomic mass is 19.3. The standard InChI is InChI=1S/C10H10F2O2/c1-10(11,12)8-4-2-3-7(5-8)6-9(13)14/h2-5H,6H2,1H3,(H,13,14). The lowest BCUT2D eigenvalue weighted by atomic mass is 10.0. The molecule has 0 heterocycles. The molecule has 1 aromatic rings. The third kappa shape index (κ3) is 2.80. The molecule has 4 heteroatoms. The van der Waals surface area contributed by atoms with Crippen molar-refractivity contribution < 1.29 is 18.7 Å². The van der Waals surface area contributed by atoms with Gasteiger partial charge in [-0.1, -0.05) is 18.2 Å². The molecule has 0 aromatic heterocycles. The molecule has 0 aliphatic carbocycles. The monoisotopic (exact) mass is 200 g/mol. The highest BCUT2D eigenvalue weighted by Crippen LogP contribution is 2.27. The molecule has 0 radical (unpaired) electrons. The Morgan fingerprint density at radius 2 is 2.14 bits per heavy atom. The van der Waals surface area contributed by atoms with E-state index in [1.54, 1.807) is 0 Å². The van der Waals surface area contributed by atoms with Crippen molar-refractivity contribution in [2.75, 3.05) is 0 Å². The van der Waals surface area contributed by atoms with Crippen LogP contribution in [0, 0.1) is 0 Å². The Morgan fingerprint density at radius 3 is 2.64 bits per heavy atom. The molecule has 0 atom stereocenters. The van der Waals surface area contributed by atoms with Crippen molar-refractivity contribution in [2.45, 2.75) is 19.3 Å². The maximum absolute atomic E-state index is 12.8. The third-order valence-corrected chi connectivity index (χ3v) is 1.79. The number of aliphatic carboxylic acids is 1. The summed E-state index contributed by atoms with van der Waals surface area (Å²) in [6.45, 7) is 0.785. The van der Waals surface area contributed by atoms with Crippen molar-refractivity contribution in [3.05, 3.63) is 35.4 Å². The molecule has 1 N–H and O–H groups in total. The molecule has 14 heavy (non-hydrogen) atoms. The van der Waals surface area contributed by atoms with Crippen molar-refractivity contribution >= 4 is 5.97 Å². The highest BCUT2D eigenvalue weighted by Gasteiger charge is 2.24. The summed E-state index contributed by atoms with van der Waals surface area (Å²) >= 11 is 0. The van der Waals surface area contributed by atoms with E-state index in [0.29, 0.717) is 5.56 Å². The Labute approximate surface area is 80.2 Å². The molecule has 0 aliphatic heterocycles. The Kier molecular flexibility index (Phi) is 2.84. The van der Waals surface area contributed by atoms with Crippen LogP contribution in [0.2, 0.25) is 0 Å². The van der Waals surface area contributed by atoms with Gasteiger partial charge in [0, 0.05) is 12.5 Å². The van der Waals surface area contributed by atoms with Crippen LogP contribution in [-0.4, -0.2) is 11.1 Å². The van der Waals surface area contributed by atoms with Crippen molar-refractivity contribution in [1.82, 2.24) is 0 Å². The molecule has 0 fully saturated rings. The van der Waals surface area contributed by atoms with Gasteiger partial charge < -0.3 is 5.11 Å². The summed E-state index contributed by atoms with van der Waals surface area (Å²) in [7, 11) is 0. The van der Waals surface area contributed by atoms with Gasteiger partial charge in [-0.3, -0.25) is 4.79 Å². The van der Waals surface area contributed by atoms with E-state index in [9.17, 15) is 13.6 Å². The molecular formula is C10H10F2O2. The molecule has 0 bridgehead atoms. The number of halogens is 2. The van der Waals surface area contributed by atoms with E-state index < -0.39 is 11.9 Å². The number of hydrogen-bond donors (Lipinski definition) is 1. The second-order valence-corrected chi connectivity index (χ2v) is 3.16. The largest absolute Gasteiger partial charge is 0.481 e. The molecule has 1 rings (SSSR count). The van der Waals surface area contributed by atoms with Crippen molar-refractivity contribution in [3.8, 4) is 0 Å². The van der Waals surface area contributed by atoms with Crippen LogP contribution in [0.15, 0.2) is 24.3 Å². The maximum atomic E-state index is 12.8. The Balaban J connectivity index is 2.95. The Bertz CT molecular complexity index is 342. The fourth-order valence-corrected chi connectivity index (χ4v) is 1.13. The van der Waals surface area contributed by atoms with Crippen LogP contribution >= 0.6 is 0 Å². The zero-order chi connectivity index (χ0) is 10.8. The quantitative estimate of drug-likeness (QED) is 0.813. The van der Waals surface area contributed by atoms with Crippen LogP contribution < -0.4 is 0 Å². The van der Waals surface area contributed by atoms with Crippen LogP contribution in [0.1, 0.15) is 18.1 Å². The second-order valence-electron chi connectivity index (χ2n) is 3.16. The minimum Gasteiger partial charge on any atom is -0.481 e. The van der Waals surface area contributed by atoms with Gasteiger partial charge in [0.2, 0.25) is 0 Å². The zero-order valence-electron chi connectivity index (χ0n) is 7.63. The average molecular weight is 200 g/mol. The van der Waals surface area contributed by atoms with E-state index in [4.69, 9.17) is 5.11 Å². The fraction of sp³-hybridized carbons (Fsp3) is 0.300. The van der Waals surface area contributed by atoms with Crippen LogP contribution in [0.25, 0.3) is 0 Å². The van der Waals surface area contributed by atoms with Gasteiger partial charge in [0.15, 0.2) is 0 Å². The van der Waals surface area contributed by atoms with E-state index in [1.165, 1.54) is 24.3 Å². The highest BCUT2D eigenvalue weighted by molar-refractivity contribution is 5.70. The molecule has 0 spiro atoms. The average Bonchev–Trinajstić information content (AvgIpc) is 2.01. The van der Waals surface area contributed by atoms with Gasteiger partial charge in [-0.15, -0.1) is 0 Å². The van der Waals surface area contributed by atoms with Gasteiger partial charge in [-0.05, 0) is 11.6 Å². The topological polar surface area (TPSA) is 37.3 Å². The SMILES string of the molecule is CC(F)(F)c1cccc(CC(=O)O)c1. The number of carbonyl (C=O) groups is 1. The molecule has 0 amide bonds. The van der Waals surface area contributed by atoms with Gasteiger partial charge in [-0.25, -0.2) is 8.78 Å². The summed E-state index contributed by atoms with van der Waals surface area (Å²) in [6.07, 6.45) is -0.232. The minimum absolute atomic E-state index is 0.156. The molecule has 1 aromatic carbocycles. The third-order valence-electron chi connectivity index (χ3n) is 1.79. The predicted octanol–water partition coefficient (Wildman–Crippen LogP) is 2.43. The summed E-state index contributed by atoms with van der Waals surface area (Å²) in [5, 5.41) is 8.47. The Morgan fingerprint density at radius 1 is 1.50 bits per heavy atom. The van der Waals surface area contributed by atoms with E-state index >= 15 is 0 Å². The first kappa shape index (κ1) is 10.6. The lowest BCUT2D eigenvalue weighted by molar-refractivity contribution is -0.136. The zero-order valence-corrected chi connectivity index (χ0v) is 7.63. The molecule has 2 nitrogen and oxygen atoms in total. The number of benzene rings is 1. The van der Waals surface area contributed by atoms with E-state index in [1.807, 2.05) is 0 Å². The summed E-state index contributed by atoms with van der Waals surface area (Å²) in [5.74, 6) is -3.95. The molecule has 0 unspecified atom stereocenters. The number of carboxylic acid groups (broad SMARTS) is 1. The first-order valence-electron chi connectivity index (χ1n) is 4.08. The van der Waals surface area contributed by atoms with Gasteiger partial charge in [0.1, 0.15) is 0 Å². The molecule has 0 saturated carbocycles. The number of hydrogen-bond acceptors (Lipinski definition) is 1. The van der Waals surface area contributed by atoms with E-state index in [0.717, 1.165) is 6.92 Å². The molecule has 0 saturated heterocycles. The molecule has 76 valence electrons.